The average Bonchev–Trinajstić information content (AvgIpc) is 3.01. The van der Waals surface area contributed by atoms with Gasteiger partial charge in [0.1, 0.15) is 5.82 Å². The Morgan fingerprint density at radius 2 is 2.20 bits per heavy atom. The Labute approximate surface area is 119 Å². The van der Waals surface area contributed by atoms with Gasteiger partial charge in [-0.3, -0.25) is 4.79 Å². The zero-order valence-corrected chi connectivity index (χ0v) is 12.0. The van der Waals surface area contributed by atoms with E-state index in [-0.39, 0.29) is 17.9 Å². The van der Waals surface area contributed by atoms with E-state index in [0.717, 1.165) is 25.2 Å². The van der Waals surface area contributed by atoms with Crippen molar-refractivity contribution in [3.05, 3.63) is 23.9 Å². The van der Waals surface area contributed by atoms with Crippen LogP contribution in [0.2, 0.25) is 0 Å². The number of hydrogen-bond donors (Lipinski definition) is 1. The van der Waals surface area contributed by atoms with Crippen molar-refractivity contribution in [3.63, 3.8) is 0 Å². The predicted octanol–water partition coefficient (Wildman–Crippen LogP) is 0.990. The molecule has 1 amide bonds. The molecule has 2 aliphatic rings. The van der Waals surface area contributed by atoms with E-state index in [9.17, 15) is 9.90 Å². The molecule has 108 valence electrons. The summed E-state index contributed by atoms with van der Waals surface area (Å²) < 4.78 is 0. The van der Waals surface area contributed by atoms with Gasteiger partial charge in [0, 0.05) is 44.9 Å². The van der Waals surface area contributed by atoms with Crippen LogP contribution >= 0.6 is 0 Å². The predicted molar refractivity (Wildman–Crippen MR) is 76.7 cm³/mol. The molecule has 1 saturated heterocycles. The zero-order chi connectivity index (χ0) is 14.3. The molecule has 0 aromatic carbocycles. The SMILES string of the molecule is CN(C)c1cc(C(=O)N2CC3CCC(O)C3C2)ccn1. The van der Waals surface area contributed by atoms with E-state index in [0.29, 0.717) is 18.0 Å². The molecule has 5 heteroatoms. The Hall–Kier alpha value is -1.62. The number of fused-ring (bicyclic) bond motifs is 1. The van der Waals surface area contributed by atoms with Crippen LogP contribution in [0.15, 0.2) is 18.3 Å². The van der Waals surface area contributed by atoms with E-state index < -0.39 is 0 Å². The van der Waals surface area contributed by atoms with E-state index in [1.54, 1.807) is 12.3 Å². The van der Waals surface area contributed by atoms with Gasteiger partial charge in [0.2, 0.25) is 0 Å². The van der Waals surface area contributed by atoms with Gasteiger partial charge in [-0.05, 0) is 30.9 Å². The van der Waals surface area contributed by atoms with Gasteiger partial charge >= 0.3 is 0 Å². The lowest BCUT2D eigenvalue weighted by Crippen LogP contribution is -2.31. The van der Waals surface area contributed by atoms with Crippen LogP contribution in [0.4, 0.5) is 5.82 Å². The van der Waals surface area contributed by atoms with E-state index in [1.807, 2.05) is 30.0 Å². The number of aliphatic hydroxyl groups excluding tert-OH is 1. The lowest BCUT2D eigenvalue weighted by molar-refractivity contribution is 0.0752. The summed E-state index contributed by atoms with van der Waals surface area (Å²) in [6.07, 6.45) is 3.37. The molecule has 3 rings (SSSR count). The fraction of sp³-hybridized carbons (Fsp3) is 0.600. The number of amides is 1. The summed E-state index contributed by atoms with van der Waals surface area (Å²) >= 11 is 0. The Morgan fingerprint density at radius 3 is 2.90 bits per heavy atom. The smallest absolute Gasteiger partial charge is 0.254 e. The van der Waals surface area contributed by atoms with Gasteiger partial charge in [0.05, 0.1) is 6.10 Å². The quantitative estimate of drug-likeness (QED) is 0.874. The Balaban J connectivity index is 1.75. The maximum Gasteiger partial charge on any atom is 0.254 e. The first-order valence-electron chi connectivity index (χ1n) is 7.17. The fourth-order valence-electron chi connectivity index (χ4n) is 3.38. The molecule has 1 saturated carbocycles. The maximum absolute atomic E-state index is 12.6. The Bertz CT molecular complexity index is 518. The van der Waals surface area contributed by atoms with Crippen LogP contribution in [0.3, 0.4) is 0 Å². The molecule has 1 aromatic rings. The van der Waals surface area contributed by atoms with Gasteiger partial charge in [-0.15, -0.1) is 0 Å². The van der Waals surface area contributed by atoms with Crippen LogP contribution < -0.4 is 4.90 Å². The van der Waals surface area contributed by atoms with E-state index >= 15 is 0 Å². The monoisotopic (exact) mass is 275 g/mol. The van der Waals surface area contributed by atoms with Crippen molar-refractivity contribution in [2.24, 2.45) is 11.8 Å². The molecule has 1 aromatic heterocycles. The highest BCUT2D eigenvalue weighted by molar-refractivity contribution is 5.95. The minimum absolute atomic E-state index is 0.0529. The molecule has 1 aliphatic heterocycles. The lowest BCUT2D eigenvalue weighted by atomic mass is 10.00. The number of hydrogen-bond acceptors (Lipinski definition) is 4. The average molecular weight is 275 g/mol. The highest BCUT2D eigenvalue weighted by Gasteiger charge is 2.43. The number of rotatable bonds is 2. The summed E-state index contributed by atoms with van der Waals surface area (Å²) in [6.45, 7) is 1.46. The number of aliphatic hydroxyl groups is 1. The number of likely N-dealkylation sites (tertiary alicyclic amines) is 1. The summed E-state index contributed by atoms with van der Waals surface area (Å²) in [5, 5.41) is 9.93. The molecular weight excluding hydrogens is 254 g/mol. The summed E-state index contributed by atoms with van der Waals surface area (Å²) in [4.78, 5) is 20.6. The van der Waals surface area contributed by atoms with Gasteiger partial charge in [0.25, 0.3) is 5.91 Å². The van der Waals surface area contributed by atoms with Crippen molar-refractivity contribution in [2.75, 3.05) is 32.1 Å². The second-order valence-electron chi connectivity index (χ2n) is 6.08. The molecule has 5 nitrogen and oxygen atoms in total. The highest BCUT2D eigenvalue weighted by atomic mass is 16.3. The highest BCUT2D eigenvalue weighted by Crippen LogP contribution is 2.38. The summed E-state index contributed by atoms with van der Waals surface area (Å²) in [5.74, 6) is 1.59. The molecule has 1 N–H and O–H groups in total. The van der Waals surface area contributed by atoms with Crippen LogP contribution in [0, 0.1) is 11.8 Å². The lowest BCUT2D eigenvalue weighted by Gasteiger charge is -2.19. The van der Waals surface area contributed by atoms with E-state index in [4.69, 9.17) is 0 Å². The van der Waals surface area contributed by atoms with E-state index in [1.165, 1.54) is 0 Å². The molecule has 0 bridgehead atoms. The summed E-state index contributed by atoms with van der Waals surface area (Å²) in [6, 6.07) is 3.59. The van der Waals surface area contributed by atoms with Crippen LogP contribution in [-0.4, -0.2) is 54.2 Å². The fourth-order valence-corrected chi connectivity index (χ4v) is 3.38. The van der Waals surface area contributed by atoms with Crippen LogP contribution in [0.5, 0.6) is 0 Å². The number of anilines is 1. The van der Waals surface area contributed by atoms with Gasteiger partial charge < -0.3 is 14.9 Å². The number of carbonyl (C=O) groups excluding carboxylic acids is 1. The van der Waals surface area contributed by atoms with Gasteiger partial charge in [-0.25, -0.2) is 4.98 Å². The second-order valence-corrected chi connectivity index (χ2v) is 6.08. The molecule has 1 aliphatic carbocycles. The Kier molecular flexibility index (Phi) is 3.38. The van der Waals surface area contributed by atoms with Crippen molar-refractivity contribution in [1.29, 1.82) is 0 Å². The van der Waals surface area contributed by atoms with Crippen molar-refractivity contribution in [2.45, 2.75) is 18.9 Å². The van der Waals surface area contributed by atoms with Crippen molar-refractivity contribution >= 4 is 11.7 Å². The van der Waals surface area contributed by atoms with Crippen LogP contribution in [0.25, 0.3) is 0 Å². The third-order valence-corrected chi connectivity index (χ3v) is 4.56. The molecule has 3 atom stereocenters. The molecule has 20 heavy (non-hydrogen) atoms. The second kappa shape index (κ2) is 5.05. The molecule has 2 fully saturated rings. The van der Waals surface area contributed by atoms with Crippen molar-refractivity contribution < 1.29 is 9.90 Å². The van der Waals surface area contributed by atoms with Gasteiger partial charge in [-0.2, -0.15) is 0 Å². The minimum atomic E-state index is -0.229. The van der Waals surface area contributed by atoms with Crippen molar-refractivity contribution in [3.8, 4) is 0 Å². The third-order valence-electron chi connectivity index (χ3n) is 4.56. The topological polar surface area (TPSA) is 56.7 Å². The van der Waals surface area contributed by atoms with Gasteiger partial charge in [-0.1, -0.05) is 0 Å². The minimum Gasteiger partial charge on any atom is -0.393 e. The normalized spacial score (nSPS) is 28.6. The first-order valence-corrected chi connectivity index (χ1v) is 7.17. The first kappa shape index (κ1) is 13.4. The molecule has 3 unspecified atom stereocenters. The number of nitrogens with zero attached hydrogens (tertiary/aromatic N) is 3. The summed E-state index contributed by atoms with van der Waals surface area (Å²) in [7, 11) is 3.82. The standard InChI is InChI=1S/C15H21N3O2/c1-17(2)14-7-10(5-6-16-14)15(20)18-8-11-3-4-13(19)12(11)9-18/h5-7,11-13,19H,3-4,8-9H2,1-2H3. The largest absolute Gasteiger partial charge is 0.393 e. The maximum atomic E-state index is 12.6. The first-order chi connectivity index (χ1) is 9.56. The van der Waals surface area contributed by atoms with Gasteiger partial charge in [0.15, 0.2) is 0 Å². The molecular formula is C15H21N3O2. The molecule has 2 heterocycles. The molecule has 0 radical (unpaired) electrons. The third kappa shape index (κ3) is 2.26. The zero-order valence-electron chi connectivity index (χ0n) is 12.0. The van der Waals surface area contributed by atoms with Crippen molar-refractivity contribution in [1.82, 2.24) is 9.88 Å². The number of aromatic nitrogens is 1. The number of carbonyl (C=O) groups is 1. The van der Waals surface area contributed by atoms with Crippen LogP contribution in [0.1, 0.15) is 23.2 Å². The molecule has 0 spiro atoms. The van der Waals surface area contributed by atoms with E-state index in [2.05, 4.69) is 4.98 Å². The Morgan fingerprint density at radius 1 is 1.40 bits per heavy atom. The van der Waals surface area contributed by atoms with Crippen LogP contribution in [-0.2, 0) is 0 Å². The number of pyridine rings is 1. The summed E-state index contributed by atoms with van der Waals surface area (Å²) in [5.41, 5.74) is 0.679.